The van der Waals surface area contributed by atoms with Crippen molar-refractivity contribution < 1.29 is 9.53 Å². The highest BCUT2D eigenvalue weighted by Gasteiger charge is 2.35. The highest BCUT2D eigenvalue weighted by Crippen LogP contribution is 2.25. The maximum Gasteiger partial charge on any atom is 0.236 e. The third-order valence-corrected chi connectivity index (χ3v) is 2.90. The zero-order chi connectivity index (χ0) is 10.7. The molecule has 82 valence electrons. The van der Waals surface area contributed by atoms with Gasteiger partial charge in [-0.2, -0.15) is 0 Å². The van der Waals surface area contributed by atoms with Gasteiger partial charge < -0.3 is 9.64 Å². The van der Waals surface area contributed by atoms with Gasteiger partial charge in [0.15, 0.2) is 0 Å². The van der Waals surface area contributed by atoms with Gasteiger partial charge >= 0.3 is 0 Å². The Hall–Kier alpha value is -1.05. The summed E-state index contributed by atoms with van der Waals surface area (Å²) in [5.74, 6) is 2.58. The largest absolute Gasteiger partial charge is 0.371 e. The molecule has 2 aliphatic rings. The lowest BCUT2D eigenvalue weighted by molar-refractivity contribution is -0.138. The first-order chi connectivity index (χ1) is 7.29. The minimum atomic E-state index is 0.130. The van der Waals surface area contributed by atoms with Crippen molar-refractivity contribution in [3.63, 3.8) is 0 Å². The topological polar surface area (TPSA) is 41.6 Å². The summed E-state index contributed by atoms with van der Waals surface area (Å²) in [4.78, 5) is 13.6. The van der Waals surface area contributed by atoms with Gasteiger partial charge in [-0.25, -0.2) is 0 Å². The molecular weight excluding hydrogens is 192 g/mol. The quantitative estimate of drug-likeness (QED) is 0.507. The Bertz CT molecular complexity index is 273. The van der Waals surface area contributed by atoms with E-state index < -0.39 is 0 Å². The lowest BCUT2D eigenvalue weighted by Gasteiger charge is -2.32. The number of nitrogens with one attached hydrogen (secondary N) is 1. The zero-order valence-corrected chi connectivity index (χ0v) is 8.74. The molecule has 0 saturated carbocycles. The molecule has 0 aliphatic carbocycles. The van der Waals surface area contributed by atoms with Crippen LogP contribution < -0.4 is 5.32 Å². The van der Waals surface area contributed by atoms with E-state index in [1.54, 1.807) is 0 Å². The van der Waals surface area contributed by atoms with E-state index in [4.69, 9.17) is 11.2 Å². The Balaban J connectivity index is 1.79. The fourth-order valence-corrected chi connectivity index (χ4v) is 2.17. The number of carbonyl (C=O) groups excluding carboxylic acids is 1. The second-order valence-corrected chi connectivity index (χ2v) is 4.06. The summed E-state index contributed by atoms with van der Waals surface area (Å²) in [5.41, 5.74) is 0. The number of carbonyl (C=O) groups is 1. The Morgan fingerprint density at radius 1 is 1.47 bits per heavy atom. The van der Waals surface area contributed by atoms with Gasteiger partial charge in [0.2, 0.25) is 5.91 Å². The number of amides is 1. The highest BCUT2D eigenvalue weighted by atomic mass is 16.5. The molecule has 0 radical (unpaired) electrons. The van der Waals surface area contributed by atoms with Crippen LogP contribution in [0.5, 0.6) is 0 Å². The van der Waals surface area contributed by atoms with Crippen LogP contribution >= 0.6 is 0 Å². The van der Waals surface area contributed by atoms with Gasteiger partial charge in [-0.05, 0) is 12.8 Å². The van der Waals surface area contributed by atoms with Crippen LogP contribution in [0.4, 0.5) is 0 Å². The van der Waals surface area contributed by atoms with Gasteiger partial charge in [-0.3, -0.25) is 10.1 Å². The molecule has 15 heavy (non-hydrogen) atoms. The van der Waals surface area contributed by atoms with Gasteiger partial charge in [0.25, 0.3) is 0 Å². The van der Waals surface area contributed by atoms with E-state index in [1.165, 1.54) is 0 Å². The van der Waals surface area contributed by atoms with Gasteiger partial charge in [0, 0.05) is 13.1 Å². The van der Waals surface area contributed by atoms with E-state index in [-0.39, 0.29) is 18.1 Å². The lowest BCUT2D eigenvalue weighted by atomic mass is 10.2. The van der Waals surface area contributed by atoms with Gasteiger partial charge in [0.05, 0.1) is 25.3 Å². The van der Waals surface area contributed by atoms with Crippen molar-refractivity contribution in [3.8, 4) is 12.3 Å². The summed E-state index contributed by atoms with van der Waals surface area (Å²) >= 11 is 0. The molecule has 2 atom stereocenters. The molecule has 2 rings (SSSR count). The summed E-state index contributed by atoms with van der Waals surface area (Å²) in [5, 5.41) is 2.91. The number of terminal acetylenes is 1. The van der Waals surface area contributed by atoms with E-state index in [9.17, 15) is 4.79 Å². The first-order valence-electron chi connectivity index (χ1n) is 5.37. The molecule has 0 aromatic heterocycles. The standard InChI is InChI=1S/C11H16N2O2/c1-2-5-12-6-11(14)13-7-9-3-4-10(8-13)15-9/h1,9-10,12H,3-8H2. The molecule has 2 fully saturated rings. The SMILES string of the molecule is C#CCNCC(=O)N1CC2CCC(C1)O2. The second-order valence-electron chi connectivity index (χ2n) is 4.06. The molecule has 4 nitrogen and oxygen atoms in total. The van der Waals surface area contributed by atoms with Crippen LogP contribution in [0.2, 0.25) is 0 Å². The minimum absolute atomic E-state index is 0.130. The van der Waals surface area contributed by atoms with E-state index in [1.807, 2.05) is 4.90 Å². The Kier molecular flexibility index (Phi) is 3.24. The minimum Gasteiger partial charge on any atom is -0.371 e. The molecule has 0 aromatic carbocycles. The molecular formula is C11H16N2O2. The fraction of sp³-hybridized carbons (Fsp3) is 0.727. The molecule has 2 saturated heterocycles. The number of fused-ring (bicyclic) bond motifs is 2. The van der Waals surface area contributed by atoms with Gasteiger partial charge in [-0.15, -0.1) is 6.42 Å². The maximum atomic E-state index is 11.7. The van der Waals surface area contributed by atoms with Gasteiger partial charge in [0.1, 0.15) is 0 Å². The summed E-state index contributed by atoms with van der Waals surface area (Å²) < 4.78 is 5.66. The van der Waals surface area contributed by atoms with Crippen molar-refractivity contribution in [1.29, 1.82) is 0 Å². The molecule has 2 unspecified atom stereocenters. The van der Waals surface area contributed by atoms with Crippen molar-refractivity contribution >= 4 is 5.91 Å². The summed E-state index contributed by atoms with van der Waals surface area (Å²) in [7, 11) is 0. The molecule has 1 N–H and O–H groups in total. The van der Waals surface area contributed by atoms with Crippen molar-refractivity contribution in [1.82, 2.24) is 10.2 Å². The van der Waals surface area contributed by atoms with E-state index in [2.05, 4.69) is 11.2 Å². The number of likely N-dealkylation sites (tertiary alicyclic amines) is 1. The Labute approximate surface area is 90.0 Å². The Morgan fingerprint density at radius 3 is 2.73 bits per heavy atom. The highest BCUT2D eigenvalue weighted by molar-refractivity contribution is 5.78. The second kappa shape index (κ2) is 4.65. The van der Waals surface area contributed by atoms with Crippen LogP contribution in [0.15, 0.2) is 0 Å². The number of ether oxygens (including phenoxy) is 1. The average Bonchev–Trinajstić information content (AvgIpc) is 2.58. The predicted octanol–water partition coefficient (Wildman–Crippen LogP) is -0.401. The van der Waals surface area contributed by atoms with Crippen molar-refractivity contribution in [2.75, 3.05) is 26.2 Å². The van der Waals surface area contributed by atoms with Crippen LogP contribution in [0.25, 0.3) is 0 Å². The smallest absolute Gasteiger partial charge is 0.236 e. The van der Waals surface area contributed by atoms with Crippen molar-refractivity contribution in [2.24, 2.45) is 0 Å². The zero-order valence-electron chi connectivity index (χ0n) is 8.74. The van der Waals surface area contributed by atoms with E-state index in [0.29, 0.717) is 13.1 Å². The number of nitrogens with zero attached hydrogens (tertiary/aromatic N) is 1. The molecule has 0 aromatic rings. The fourth-order valence-electron chi connectivity index (χ4n) is 2.17. The molecule has 2 bridgehead atoms. The normalized spacial score (nSPS) is 28.9. The summed E-state index contributed by atoms with van der Waals surface area (Å²) in [6.45, 7) is 2.27. The first kappa shape index (κ1) is 10.5. The van der Waals surface area contributed by atoms with E-state index >= 15 is 0 Å². The maximum absolute atomic E-state index is 11.7. The summed E-state index contributed by atoms with van der Waals surface area (Å²) in [6.07, 6.45) is 7.80. The van der Waals surface area contributed by atoms with Crippen LogP contribution in [0, 0.1) is 12.3 Å². The number of morpholine rings is 1. The van der Waals surface area contributed by atoms with Crippen LogP contribution in [-0.2, 0) is 9.53 Å². The lowest BCUT2D eigenvalue weighted by Crippen LogP contribution is -2.48. The van der Waals surface area contributed by atoms with Crippen molar-refractivity contribution in [2.45, 2.75) is 25.0 Å². The van der Waals surface area contributed by atoms with Gasteiger partial charge in [-0.1, -0.05) is 5.92 Å². The molecule has 2 aliphatic heterocycles. The average molecular weight is 208 g/mol. The molecule has 0 spiro atoms. The van der Waals surface area contributed by atoms with Crippen LogP contribution in [-0.4, -0.2) is 49.2 Å². The van der Waals surface area contributed by atoms with Crippen molar-refractivity contribution in [3.05, 3.63) is 0 Å². The third kappa shape index (κ3) is 2.49. The van der Waals surface area contributed by atoms with Crippen LogP contribution in [0.1, 0.15) is 12.8 Å². The third-order valence-electron chi connectivity index (χ3n) is 2.90. The monoisotopic (exact) mass is 208 g/mol. The van der Waals surface area contributed by atoms with Crippen LogP contribution in [0.3, 0.4) is 0 Å². The Morgan fingerprint density at radius 2 is 2.13 bits per heavy atom. The number of hydrogen-bond donors (Lipinski definition) is 1. The number of rotatable bonds is 3. The number of hydrogen-bond acceptors (Lipinski definition) is 3. The first-order valence-corrected chi connectivity index (χ1v) is 5.37. The van der Waals surface area contributed by atoms with E-state index in [0.717, 1.165) is 25.9 Å². The molecule has 1 amide bonds. The summed E-state index contributed by atoms with van der Waals surface area (Å²) in [6, 6.07) is 0. The molecule has 2 heterocycles. The predicted molar refractivity (Wildman–Crippen MR) is 56.2 cm³/mol. The molecule has 4 heteroatoms.